The number of methoxy groups -OCH3 is 1. The molecule has 0 N–H and O–H groups in total. The number of halogens is 1. The molecule has 120 valence electrons. The summed E-state index contributed by atoms with van der Waals surface area (Å²) in [6, 6.07) is 7.25. The van der Waals surface area contributed by atoms with Gasteiger partial charge in [-0.05, 0) is 24.3 Å². The second-order valence-electron chi connectivity index (χ2n) is 5.17. The largest absolute Gasteiger partial charge is 0.496 e. The summed E-state index contributed by atoms with van der Waals surface area (Å²) >= 11 is 3.41. The van der Waals surface area contributed by atoms with E-state index in [-0.39, 0.29) is 5.91 Å². The third-order valence-corrected chi connectivity index (χ3v) is 4.29. The minimum atomic E-state index is -0.0169. The van der Waals surface area contributed by atoms with E-state index in [2.05, 4.69) is 30.8 Å². The van der Waals surface area contributed by atoms with Crippen LogP contribution in [-0.2, 0) is 0 Å². The molecule has 2 aromatic rings. The molecule has 23 heavy (non-hydrogen) atoms. The number of piperazine rings is 1. The molecule has 1 aromatic heterocycles. The number of benzene rings is 1. The highest BCUT2D eigenvalue weighted by molar-refractivity contribution is 9.10. The first kappa shape index (κ1) is 15.7. The first-order chi connectivity index (χ1) is 11.2. The zero-order chi connectivity index (χ0) is 16.2. The van der Waals surface area contributed by atoms with Gasteiger partial charge in [0.2, 0.25) is 5.95 Å². The predicted molar refractivity (Wildman–Crippen MR) is 90.8 cm³/mol. The third-order valence-electron chi connectivity index (χ3n) is 3.79. The molecule has 0 radical (unpaired) electrons. The van der Waals surface area contributed by atoms with Crippen molar-refractivity contribution < 1.29 is 9.53 Å². The summed E-state index contributed by atoms with van der Waals surface area (Å²) in [7, 11) is 1.57. The monoisotopic (exact) mass is 376 g/mol. The van der Waals surface area contributed by atoms with Crippen molar-refractivity contribution in [3.05, 3.63) is 46.7 Å². The Morgan fingerprint density at radius 1 is 1.17 bits per heavy atom. The lowest BCUT2D eigenvalue weighted by Gasteiger charge is -2.34. The highest BCUT2D eigenvalue weighted by atomic mass is 79.9. The van der Waals surface area contributed by atoms with Gasteiger partial charge in [0.1, 0.15) is 5.75 Å². The number of rotatable bonds is 3. The van der Waals surface area contributed by atoms with Gasteiger partial charge in [0, 0.05) is 43.0 Å². The van der Waals surface area contributed by atoms with E-state index in [0.717, 1.165) is 4.47 Å². The Bertz CT molecular complexity index is 688. The second-order valence-corrected chi connectivity index (χ2v) is 6.09. The van der Waals surface area contributed by atoms with Crippen LogP contribution in [0.2, 0.25) is 0 Å². The summed E-state index contributed by atoms with van der Waals surface area (Å²) in [6.07, 6.45) is 3.46. The Kier molecular flexibility index (Phi) is 4.76. The molecular formula is C16H17BrN4O2. The Hall–Kier alpha value is -2.15. The molecule has 1 amide bonds. The molecule has 0 bridgehead atoms. The van der Waals surface area contributed by atoms with Crippen LogP contribution in [0.3, 0.4) is 0 Å². The van der Waals surface area contributed by atoms with Crippen molar-refractivity contribution in [1.82, 2.24) is 14.9 Å². The van der Waals surface area contributed by atoms with E-state index in [1.807, 2.05) is 11.0 Å². The fraction of sp³-hybridized carbons (Fsp3) is 0.312. The van der Waals surface area contributed by atoms with Gasteiger partial charge in [-0.15, -0.1) is 0 Å². The van der Waals surface area contributed by atoms with Crippen LogP contribution in [0, 0.1) is 0 Å². The van der Waals surface area contributed by atoms with Crippen LogP contribution < -0.4 is 9.64 Å². The van der Waals surface area contributed by atoms with Crippen LogP contribution in [0.5, 0.6) is 5.75 Å². The molecule has 0 atom stereocenters. The van der Waals surface area contributed by atoms with Crippen LogP contribution >= 0.6 is 15.9 Å². The fourth-order valence-corrected chi connectivity index (χ4v) is 2.94. The summed E-state index contributed by atoms with van der Waals surface area (Å²) in [5.74, 6) is 1.28. The Morgan fingerprint density at radius 2 is 1.87 bits per heavy atom. The van der Waals surface area contributed by atoms with Crippen molar-refractivity contribution in [3.63, 3.8) is 0 Å². The Balaban J connectivity index is 1.70. The summed E-state index contributed by atoms with van der Waals surface area (Å²) < 4.78 is 6.16. The van der Waals surface area contributed by atoms with Gasteiger partial charge < -0.3 is 14.5 Å². The zero-order valence-corrected chi connectivity index (χ0v) is 14.4. The van der Waals surface area contributed by atoms with Gasteiger partial charge in [-0.3, -0.25) is 4.79 Å². The summed E-state index contributed by atoms with van der Waals surface area (Å²) in [5.41, 5.74) is 0.575. The molecular weight excluding hydrogens is 360 g/mol. The SMILES string of the molecule is COc1ccc(Br)cc1C(=O)N1CCN(c2ncccn2)CC1. The first-order valence-corrected chi connectivity index (χ1v) is 8.13. The normalized spacial score (nSPS) is 14.7. The standard InChI is InChI=1S/C16H17BrN4O2/c1-23-14-4-3-12(17)11-13(14)15(22)20-7-9-21(10-8-20)16-18-5-2-6-19-16/h2-6,11H,7-10H2,1H3. The predicted octanol–water partition coefficient (Wildman–Crippen LogP) is 2.21. The highest BCUT2D eigenvalue weighted by Gasteiger charge is 2.25. The Labute approximate surface area is 143 Å². The maximum Gasteiger partial charge on any atom is 0.257 e. The van der Waals surface area contributed by atoms with Gasteiger partial charge in [0.25, 0.3) is 5.91 Å². The van der Waals surface area contributed by atoms with Crippen LogP contribution in [-0.4, -0.2) is 54.1 Å². The second kappa shape index (κ2) is 6.95. The Morgan fingerprint density at radius 3 is 2.52 bits per heavy atom. The van der Waals surface area contributed by atoms with Crippen molar-refractivity contribution in [3.8, 4) is 5.75 Å². The quantitative estimate of drug-likeness (QED) is 0.821. The van der Waals surface area contributed by atoms with Crippen LogP contribution in [0.15, 0.2) is 41.1 Å². The number of carbonyl (C=O) groups is 1. The third kappa shape index (κ3) is 3.44. The average Bonchev–Trinajstić information content (AvgIpc) is 2.62. The molecule has 0 unspecified atom stereocenters. The van der Waals surface area contributed by atoms with Gasteiger partial charge in [-0.25, -0.2) is 9.97 Å². The first-order valence-electron chi connectivity index (χ1n) is 7.34. The highest BCUT2D eigenvalue weighted by Crippen LogP contribution is 2.25. The molecule has 0 saturated carbocycles. The lowest BCUT2D eigenvalue weighted by Crippen LogP contribution is -2.49. The molecule has 3 rings (SSSR count). The number of ether oxygens (including phenoxy) is 1. The maximum atomic E-state index is 12.8. The number of anilines is 1. The smallest absolute Gasteiger partial charge is 0.257 e. The van der Waals surface area contributed by atoms with Gasteiger partial charge in [-0.2, -0.15) is 0 Å². The molecule has 7 heteroatoms. The maximum absolute atomic E-state index is 12.8. The molecule has 1 aromatic carbocycles. The summed E-state index contributed by atoms with van der Waals surface area (Å²) in [4.78, 5) is 25.2. The van der Waals surface area contributed by atoms with E-state index < -0.39 is 0 Å². The van der Waals surface area contributed by atoms with Gasteiger partial charge in [-0.1, -0.05) is 15.9 Å². The van der Waals surface area contributed by atoms with E-state index in [1.54, 1.807) is 37.7 Å². The lowest BCUT2D eigenvalue weighted by molar-refractivity contribution is 0.0742. The minimum absolute atomic E-state index is 0.0169. The number of nitrogens with zero attached hydrogens (tertiary/aromatic N) is 4. The molecule has 1 saturated heterocycles. The number of aromatic nitrogens is 2. The average molecular weight is 377 g/mol. The number of carbonyl (C=O) groups excluding carboxylic acids is 1. The van der Waals surface area contributed by atoms with Crippen LogP contribution in [0.1, 0.15) is 10.4 Å². The minimum Gasteiger partial charge on any atom is -0.496 e. The van der Waals surface area contributed by atoms with Crippen molar-refractivity contribution >= 4 is 27.8 Å². The van der Waals surface area contributed by atoms with Crippen molar-refractivity contribution in [1.29, 1.82) is 0 Å². The van der Waals surface area contributed by atoms with Gasteiger partial charge in [0.15, 0.2) is 0 Å². The summed E-state index contributed by atoms with van der Waals surface area (Å²) in [5, 5.41) is 0. The van der Waals surface area contributed by atoms with E-state index in [0.29, 0.717) is 43.4 Å². The van der Waals surface area contributed by atoms with E-state index in [9.17, 15) is 4.79 Å². The number of hydrogen-bond acceptors (Lipinski definition) is 5. The van der Waals surface area contributed by atoms with Crippen LogP contribution in [0.4, 0.5) is 5.95 Å². The van der Waals surface area contributed by atoms with E-state index in [1.165, 1.54) is 0 Å². The van der Waals surface area contributed by atoms with E-state index in [4.69, 9.17) is 4.74 Å². The molecule has 2 heterocycles. The zero-order valence-electron chi connectivity index (χ0n) is 12.8. The number of hydrogen-bond donors (Lipinski definition) is 0. The molecule has 1 aliphatic rings. The topological polar surface area (TPSA) is 58.6 Å². The molecule has 1 aliphatic heterocycles. The van der Waals surface area contributed by atoms with Crippen LogP contribution in [0.25, 0.3) is 0 Å². The molecule has 1 fully saturated rings. The fourth-order valence-electron chi connectivity index (χ4n) is 2.58. The number of amides is 1. The van der Waals surface area contributed by atoms with Gasteiger partial charge >= 0.3 is 0 Å². The van der Waals surface area contributed by atoms with Crippen molar-refractivity contribution in [2.45, 2.75) is 0 Å². The summed E-state index contributed by atoms with van der Waals surface area (Å²) in [6.45, 7) is 2.69. The molecule has 6 nitrogen and oxygen atoms in total. The van der Waals surface area contributed by atoms with Crippen molar-refractivity contribution in [2.75, 3.05) is 38.2 Å². The van der Waals surface area contributed by atoms with Gasteiger partial charge in [0.05, 0.1) is 12.7 Å². The molecule has 0 spiro atoms. The van der Waals surface area contributed by atoms with E-state index >= 15 is 0 Å². The van der Waals surface area contributed by atoms with Crippen molar-refractivity contribution in [2.24, 2.45) is 0 Å². The molecule has 0 aliphatic carbocycles. The lowest BCUT2D eigenvalue weighted by atomic mass is 10.1.